The van der Waals surface area contributed by atoms with E-state index in [0.29, 0.717) is 24.3 Å². The summed E-state index contributed by atoms with van der Waals surface area (Å²) in [6.45, 7) is 0. The predicted molar refractivity (Wildman–Crippen MR) is 72.5 cm³/mol. The lowest BCUT2D eigenvalue weighted by atomic mass is 10.2. The second-order valence-corrected chi connectivity index (χ2v) is 7.83. The van der Waals surface area contributed by atoms with Crippen LogP contribution in [0.1, 0.15) is 5.56 Å². The average molecular weight is 341 g/mol. The molecule has 0 aliphatic carbocycles. The third-order valence-electron chi connectivity index (χ3n) is 1.85. The van der Waals surface area contributed by atoms with Crippen molar-refractivity contribution in [2.75, 3.05) is 33.9 Å². The zero-order valence-corrected chi connectivity index (χ0v) is 13.5. The molecule has 0 aliphatic heterocycles. The lowest BCUT2D eigenvalue weighted by molar-refractivity contribution is -0.849. The number of carboxylic acid groups (broad SMARTS) is 1. The molecule has 0 aliphatic rings. The Morgan fingerprint density at radius 3 is 1.73 bits per heavy atom. The van der Waals surface area contributed by atoms with Gasteiger partial charge in [0.2, 0.25) is 0 Å². The number of rotatable bonds is 3. The third kappa shape index (κ3) is 8.63. The van der Waals surface area contributed by atoms with Crippen molar-refractivity contribution in [3.8, 4) is 0 Å². The molecule has 22 heavy (non-hydrogen) atoms. The molecule has 1 aromatic rings. The van der Waals surface area contributed by atoms with Crippen LogP contribution in [0.25, 0.3) is 0 Å². The molecule has 0 aromatic heterocycles. The first-order valence-corrected chi connectivity index (χ1v) is 7.67. The lowest BCUT2D eigenvalue weighted by Gasteiger charge is -2.14. The molecule has 0 atom stereocenters. The number of carbonyl (C=O) groups is 1. The molecule has 0 spiro atoms. The normalized spacial score (nSPS) is 12.3. The highest BCUT2D eigenvalue weighted by Crippen LogP contribution is 2.29. The zero-order chi connectivity index (χ0) is 17.8. The van der Waals surface area contributed by atoms with E-state index in [1.807, 2.05) is 0 Å². The van der Waals surface area contributed by atoms with Gasteiger partial charge in [0.1, 0.15) is 0 Å². The summed E-state index contributed by atoms with van der Waals surface area (Å²) in [4.78, 5) is 9.65. The van der Waals surface area contributed by atoms with Gasteiger partial charge in [-0.2, -0.15) is 13.2 Å². The van der Waals surface area contributed by atoms with Crippen molar-refractivity contribution in [3.63, 3.8) is 0 Å². The number of carbonyl (C=O) groups excluding carboxylic acids is 1. The van der Waals surface area contributed by atoms with E-state index in [4.69, 9.17) is 0 Å². The smallest absolute Gasteiger partial charge is 0.416 e. The van der Waals surface area contributed by atoms with Gasteiger partial charge in [0.15, 0.2) is 9.84 Å². The number of hydrogen-bond acceptors (Lipinski definition) is 4. The molecule has 0 saturated heterocycles. The number of carboxylic acids is 1. The maximum Gasteiger partial charge on any atom is 0.416 e. The maximum atomic E-state index is 12.2. The van der Waals surface area contributed by atoms with Crippen LogP contribution in [0, 0.1) is 0 Å². The van der Waals surface area contributed by atoms with Crippen molar-refractivity contribution in [1.82, 2.24) is 0 Å². The number of sulfone groups is 1. The molecular formula is C13H18F3NO4S. The molecule has 1 rings (SSSR count). The van der Waals surface area contributed by atoms with Gasteiger partial charge < -0.3 is 14.4 Å². The summed E-state index contributed by atoms with van der Waals surface area (Å²) in [5.41, 5.74) is -1.01. The molecule has 0 amide bonds. The number of quaternary nitrogens is 1. The highest BCUT2D eigenvalue weighted by atomic mass is 32.2. The second-order valence-electron chi connectivity index (χ2n) is 5.84. The van der Waals surface area contributed by atoms with E-state index in [0.717, 1.165) is 4.48 Å². The van der Waals surface area contributed by atoms with Gasteiger partial charge >= 0.3 is 6.18 Å². The van der Waals surface area contributed by atoms with Crippen molar-refractivity contribution >= 4 is 15.8 Å². The van der Waals surface area contributed by atoms with Crippen molar-refractivity contribution in [1.29, 1.82) is 0 Å². The minimum Gasteiger partial charge on any atom is -0.549 e. The number of aliphatic carboxylic acids is 1. The van der Waals surface area contributed by atoms with Gasteiger partial charge in [-0.05, 0) is 24.3 Å². The number of halogens is 3. The Hall–Kier alpha value is -1.61. The Labute approximate surface area is 127 Å². The van der Waals surface area contributed by atoms with Crippen LogP contribution in [-0.2, 0) is 20.8 Å². The van der Waals surface area contributed by atoms with E-state index < -0.39 is 38.2 Å². The van der Waals surface area contributed by atoms with E-state index >= 15 is 0 Å². The fraction of sp³-hybridized carbons (Fsp3) is 0.462. The first-order valence-electron chi connectivity index (χ1n) is 6.02. The second kappa shape index (κ2) is 7.10. The molecule has 9 heteroatoms. The third-order valence-corrected chi connectivity index (χ3v) is 3.45. The summed E-state index contributed by atoms with van der Waals surface area (Å²) in [5, 5.41) is 10.1. The van der Waals surface area contributed by atoms with Gasteiger partial charge in [-0.15, -0.1) is 0 Å². The predicted octanol–water partition coefficient (Wildman–Crippen LogP) is 0.551. The average Bonchev–Trinajstić information content (AvgIpc) is 2.24. The summed E-state index contributed by atoms with van der Waals surface area (Å²) in [6, 6.07) is 2.56. The number of benzene rings is 1. The molecule has 5 nitrogen and oxygen atoms in total. The van der Waals surface area contributed by atoms with E-state index in [1.165, 1.54) is 0 Å². The lowest BCUT2D eigenvalue weighted by Crippen LogP contribution is -2.30. The highest BCUT2D eigenvalue weighted by Gasteiger charge is 2.30. The quantitative estimate of drug-likeness (QED) is 0.753. The molecule has 0 saturated carbocycles. The minimum absolute atomic E-state index is 0.491. The van der Waals surface area contributed by atoms with Gasteiger partial charge in [-0.1, -0.05) is 0 Å². The van der Waals surface area contributed by atoms with E-state index in [1.54, 1.807) is 0 Å². The SMILES string of the molecule is C[N+](C)(C)C.O=C([O-])CS(=O)(=O)c1ccc(C(F)(F)F)cc1. The van der Waals surface area contributed by atoms with E-state index in [9.17, 15) is 31.5 Å². The fourth-order valence-corrected chi connectivity index (χ4v) is 2.12. The van der Waals surface area contributed by atoms with Crippen molar-refractivity contribution in [2.45, 2.75) is 11.1 Å². The molecule has 126 valence electrons. The Balaban J connectivity index is 0.000000763. The molecule has 0 unspecified atom stereocenters. The van der Waals surface area contributed by atoms with Crippen molar-refractivity contribution in [3.05, 3.63) is 29.8 Å². The molecule has 0 bridgehead atoms. The van der Waals surface area contributed by atoms with Crippen molar-refractivity contribution < 1.29 is 36.0 Å². The van der Waals surface area contributed by atoms with E-state index in [-0.39, 0.29) is 0 Å². The molecule has 1 aromatic carbocycles. The number of alkyl halides is 3. The first-order chi connectivity index (χ1) is 9.63. The largest absolute Gasteiger partial charge is 0.549 e. The molecule has 0 heterocycles. The fourth-order valence-electron chi connectivity index (χ4n) is 1.09. The Morgan fingerprint density at radius 1 is 1.09 bits per heavy atom. The monoisotopic (exact) mass is 341 g/mol. The van der Waals surface area contributed by atoms with Gasteiger partial charge in [0.25, 0.3) is 0 Å². The Morgan fingerprint density at radius 2 is 1.45 bits per heavy atom. The molecule has 0 radical (unpaired) electrons. The Kier molecular flexibility index (Phi) is 6.58. The standard InChI is InChI=1S/C9H7F3O4S.C4H12N/c10-9(11,12)6-1-3-7(4-2-6)17(15,16)5-8(13)14;1-5(2,3)4/h1-4H,5H2,(H,13,14);1-4H3/q;+1/p-1. The van der Waals surface area contributed by atoms with Gasteiger partial charge in [0.05, 0.1) is 50.4 Å². The summed E-state index contributed by atoms with van der Waals surface area (Å²) in [7, 11) is 4.35. The summed E-state index contributed by atoms with van der Waals surface area (Å²) in [5.74, 6) is -3.08. The van der Waals surface area contributed by atoms with Crippen molar-refractivity contribution in [2.24, 2.45) is 0 Å². The van der Waals surface area contributed by atoms with Crippen LogP contribution in [0.2, 0.25) is 0 Å². The molecule has 0 N–H and O–H groups in total. The number of hydrogen-bond donors (Lipinski definition) is 0. The van der Waals surface area contributed by atoms with E-state index in [2.05, 4.69) is 28.2 Å². The summed E-state index contributed by atoms with van der Waals surface area (Å²) >= 11 is 0. The van der Waals surface area contributed by atoms with Crippen LogP contribution >= 0.6 is 0 Å². The summed E-state index contributed by atoms with van der Waals surface area (Å²) < 4.78 is 60.1. The van der Waals surface area contributed by atoms with Gasteiger partial charge in [-0.25, -0.2) is 8.42 Å². The highest BCUT2D eigenvalue weighted by molar-refractivity contribution is 7.92. The van der Waals surface area contributed by atoms with Crippen LogP contribution in [0.4, 0.5) is 13.2 Å². The Bertz CT molecular complexity index is 596. The van der Waals surface area contributed by atoms with Crippen LogP contribution in [0.3, 0.4) is 0 Å². The van der Waals surface area contributed by atoms with Crippen LogP contribution in [-0.4, -0.2) is 52.8 Å². The van der Waals surface area contributed by atoms with Crippen LogP contribution < -0.4 is 5.11 Å². The zero-order valence-electron chi connectivity index (χ0n) is 12.6. The maximum absolute atomic E-state index is 12.2. The first kappa shape index (κ1) is 20.4. The number of nitrogens with zero attached hydrogens (tertiary/aromatic N) is 1. The van der Waals surface area contributed by atoms with Gasteiger partial charge in [0, 0.05) is 0 Å². The topological polar surface area (TPSA) is 74.3 Å². The van der Waals surface area contributed by atoms with Crippen LogP contribution in [0.5, 0.6) is 0 Å². The minimum atomic E-state index is -4.57. The summed E-state index contributed by atoms with van der Waals surface area (Å²) in [6.07, 6.45) is -4.57. The van der Waals surface area contributed by atoms with Crippen LogP contribution in [0.15, 0.2) is 29.2 Å². The molecular weight excluding hydrogens is 323 g/mol. The van der Waals surface area contributed by atoms with Gasteiger partial charge in [-0.3, -0.25) is 0 Å². The molecule has 0 fully saturated rings.